The van der Waals surface area contributed by atoms with Crippen LogP contribution < -0.4 is 0 Å². The maximum Gasteiger partial charge on any atom is 0.0471 e. The Morgan fingerprint density at radius 2 is 1.87 bits per heavy atom. The predicted molar refractivity (Wildman–Crippen MR) is 102 cm³/mol. The van der Waals surface area contributed by atoms with Gasteiger partial charge in [0.05, 0.1) is 0 Å². The maximum atomic E-state index is 4.34. The van der Waals surface area contributed by atoms with Gasteiger partial charge in [0.25, 0.3) is 0 Å². The van der Waals surface area contributed by atoms with E-state index >= 15 is 0 Å². The van der Waals surface area contributed by atoms with Gasteiger partial charge in [0.2, 0.25) is 0 Å². The number of hydrogen-bond donors (Lipinski definition) is 0. The average molecular weight is 312 g/mol. The third-order valence-electron chi connectivity index (χ3n) is 5.93. The number of hydrogen-bond acceptors (Lipinski definition) is 1. The molecule has 0 bridgehead atoms. The van der Waals surface area contributed by atoms with Crippen LogP contribution in [0, 0.1) is 5.92 Å². The molecule has 2 rings (SSSR count). The number of allylic oxidation sites excluding steroid dienone is 5. The molecule has 0 aromatic heterocycles. The van der Waals surface area contributed by atoms with Gasteiger partial charge in [-0.1, -0.05) is 46.9 Å². The van der Waals surface area contributed by atoms with Crippen molar-refractivity contribution in [2.45, 2.75) is 72.3 Å². The summed E-state index contributed by atoms with van der Waals surface area (Å²) in [5.41, 5.74) is 7.44. The lowest BCUT2D eigenvalue weighted by Gasteiger charge is -2.56. The fourth-order valence-corrected chi connectivity index (χ4v) is 4.15. The molecule has 23 heavy (non-hydrogen) atoms. The maximum absolute atomic E-state index is 4.34. The first kappa shape index (κ1) is 17.8. The van der Waals surface area contributed by atoms with Gasteiger partial charge < -0.3 is 4.90 Å². The lowest BCUT2D eigenvalue weighted by Crippen LogP contribution is -2.55. The molecular weight excluding hydrogens is 278 g/mol. The van der Waals surface area contributed by atoms with E-state index in [1.54, 1.807) is 0 Å². The Labute approximate surface area is 143 Å². The van der Waals surface area contributed by atoms with Crippen molar-refractivity contribution in [3.05, 3.63) is 59.5 Å². The van der Waals surface area contributed by atoms with Gasteiger partial charge >= 0.3 is 0 Å². The molecule has 1 heterocycles. The molecule has 0 unspecified atom stereocenters. The highest BCUT2D eigenvalue weighted by Crippen LogP contribution is 2.51. The van der Waals surface area contributed by atoms with Crippen LogP contribution in [0.15, 0.2) is 59.5 Å². The molecule has 0 radical (unpaired) electrons. The van der Waals surface area contributed by atoms with Crippen LogP contribution in [-0.2, 0) is 0 Å². The molecule has 1 fully saturated rings. The quantitative estimate of drug-likeness (QED) is 0.539. The smallest absolute Gasteiger partial charge is 0.0471 e. The predicted octanol–water partition coefficient (Wildman–Crippen LogP) is 6.53. The normalized spacial score (nSPS) is 27.7. The lowest BCUT2D eigenvalue weighted by molar-refractivity contribution is 0.0214. The molecule has 0 aromatic rings. The Hall–Kier alpha value is -1.50. The van der Waals surface area contributed by atoms with Crippen molar-refractivity contribution in [3.63, 3.8) is 0 Å². The van der Waals surface area contributed by atoms with Crippen molar-refractivity contribution in [3.8, 4) is 0 Å². The molecule has 1 aliphatic heterocycles. The molecule has 2 aliphatic rings. The summed E-state index contributed by atoms with van der Waals surface area (Å²) in [5, 5.41) is 0. The Morgan fingerprint density at radius 3 is 2.30 bits per heavy atom. The highest BCUT2D eigenvalue weighted by molar-refractivity contribution is 5.60. The van der Waals surface area contributed by atoms with Crippen LogP contribution in [0.25, 0.3) is 0 Å². The Kier molecular flexibility index (Phi) is 5.08. The highest BCUT2D eigenvalue weighted by Gasteiger charge is 2.47. The molecule has 1 nitrogen and oxygen atoms in total. The number of rotatable bonds is 6. The lowest BCUT2D eigenvalue weighted by atomic mass is 9.64. The van der Waals surface area contributed by atoms with Crippen molar-refractivity contribution in [2.24, 2.45) is 5.92 Å². The topological polar surface area (TPSA) is 3.24 Å². The van der Waals surface area contributed by atoms with Crippen molar-refractivity contribution in [2.75, 3.05) is 0 Å². The van der Waals surface area contributed by atoms with Gasteiger partial charge in [0.1, 0.15) is 0 Å². The summed E-state index contributed by atoms with van der Waals surface area (Å²) in [6.07, 6.45) is 8.29. The minimum atomic E-state index is 0.246. The monoisotopic (exact) mass is 311 g/mol. The van der Waals surface area contributed by atoms with Crippen molar-refractivity contribution in [1.82, 2.24) is 4.90 Å². The third kappa shape index (κ3) is 2.86. The van der Waals surface area contributed by atoms with Gasteiger partial charge in [-0.25, -0.2) is 0 Å². The molecular formula is C22H33N. The van der Waals surface area contributed by atoms with Crippen molar-refractivity contribution in [1.29, 1.82) is 0 Å². The molecule has 0 spiro atoms. The second kappa shape index (κ2) is 6.55. The Bertz CT molecular complexity index is 593. The van der Waals surface area contributed by atoms with Gasteiger partial charge in [-0.3, -0.25) is 0 Å². The molecule has 1 aliphatic carbocycles. The summed E-state index contributed by atoms with van der Waals surface area (Å²) in [5.74, 6) is 0.859. The Balaban J connectivity index is 2.51. The van der Waals surface area contributed by atoms with Gasteiger partial charge in [-0.2, -0.15) is 0 Å². The second-order valence-corrected chi connectivity index (χ2v) is 7.36. The summed E-state index contributed by atoms with van der Waals surface area (Å²) < 4.78 is 0. The van der Waals surface area contributed by atoms with Crippen LogP contribution in [0.1, 0.15) is 66.7 Å². The van der Waals surface area contributed by atoms with Crippen LogP contribution in [-0.4, -0.2) is 10.4 Å². The van der Waals surface area contributed by atoms with E-state index in [2.05, 4.69) is 65.5 Å². The van der Waals surface area contributed by atoms with Crippen LogP contribution in [0.3, 0.4) is 0 Å². The SMILES string of the molecule is C=C(C)C1=C(C)C(=C)C(C(=C)CC)=CN1C1(CC)CC(CC)C1. The molecule has 1 saturated carbocycles. The zero-order valence-corrected chi connectivity index (χ0v) is 15.8. The summed E-state index contributed by atoms with van der Waals surface area (Å²) in [6.45, 7) is 24.0. The van der Waals surface area contributed by atoms with E-state index in [9.17, 15) is 0 Å². The van der Waals surface area contributed by atoms with E-state index in [4.69, 9.17) is 0 Å². The van der Waals surface area contributed by atoms with Gasteiger partial charge in [0, 0.05) is 23.0 Å². The minimum Gasteiger partial charge on any atom is -0.341 e. The first-order valence-electron chi connectivity index (χ1n) is 9.07. The van der Waals surface area contributed by atoms with Gasteiger partial charge in [-0.05, 0) is 67.7 Å². The largest absolute Gasteiger partial charge is 0.341 e. The van der Waals surface area contributed by atoms with Crippen LogP contribution >= 0.6 is 0 Å². The highest BCUT2D eigenvalue weighted by atomic mass is 15.2. The number of nitrogens with zero attached hydrogens (tertiary/aromatic N) is 1. The summed E-state index contributed by atoms with van der Waals surface area (Å²) in [7, 11) is 0. The fraction of sp³-hybridized carbons (Fsp3) is 0.545. The molecule has 1 heteroatoms. The van der Waals surface area contributed by atoms with Crippen molar-refractivity contribution >= 4 is 0 Å². The first-order chi connectivity index (χ1) is 10.8. The standard InChI is InChI=1S/C22H33N/c1-9-16(6)20-14-23(21(15(4)5)18(8)17(20)7)22(11-3)12-19(10-2)13-22/h14,19H,4,6-7,9-13H2,1-3,5,8H3. The van der Waals surface area contributed by atoms with E-state index < -0.39 is 0 Å². The Morgan fingerprint density at radius 1 is 1.26 bits per heavy atom. The summed E-state index contributed by atoms with van der Waals surface area (Å²) in [4.78, 5) is 2.53. The minimum absolute atomic E-state index is 0.246. The van der Waals surface area contributed by atoms with E-state index in [0.29, 0.717) is 0 Å². The average Bonchev–Trinajstić information content (AvgIpc) is 2.49. The van der Waals surface area contributed by atoms with Gasteiger partial charge in [-0.15, -0.1) is 0 Å². The van der Waals surface area contributed by atoms with Gasteiger partial charge in [0.15, 0.2) is 0 Å². The second-order valence-electron chi connectivity index (χ2n) is 7.36. The first-order valence-corrected chi connectivity index (χ1v) is 9.07. The zero-order valence-electron chi connectivity index (χ0n) is 15.8. The van der Waals surface area contributed by atoms with Crippen LogP contribution in [0.2, 0.25) is 0 Å². The molecule has 0 saturated heterocycles. The molecule has 0 amide bonds. The summed E-state index contributed by atoms with van der Waals surface area (Å²) >= 11 is 0. The molecule has 0 N–H and O–H groups in total. The van der Waals surface area contributed by atoms with E-state index in [0.717, 1.165) is 23.5 Å². The van der Waals surface area contributed by atoms with E-state index in [1.807, 2.05) is 0 Å². The molecule has 0 atom stereocenters. The van der Waals surface area contributed by atoms with E-state index in [-0.39, 0.29) is 5.54 Å². The van der Waals surface area contributed by atoms with E-state index in [1.165, 1.54) is 48.1 Å². The van der Waals surface area contributed by atoms with Crippen LogP contribution in [0.4, 0.5) is 0 Å². The molecule has 0 aromatic carbocycles. The third-order valence-corrected chi connectivity index (χ3v) is 5.93. The fourth-order valence-electron chi connectivity index (χ4n) is 4.15. The molecule has 126 valence electrons. The zero-order chi connectivity index (χ0) is 17.4. The van der Waals surface area contributed by atoms with Crippen LogP contribution in [0.5, 0.6) is 0 Å². The summed E-state index contributed by atoms with van der Waals surface area (Å²) in [6, 6.07) is 0. The van der Waals surface area contributed by atoms with Crippen molar-refractivity contribution < 1.29 is 0 Å².